The molecule has 3 rings (SSSR count). The summed E-state index contributed by atoms with van der Waals surface area (Å²) < 4.78 is 19.3. The highest BCUT2D eigenvalue weighted by Gasteiger charge is 2.14. The van der Waals surface area contributed by atoms with E-state index in [1.165, 1.54) is 6.07 Å². The third-order valence-electron chi connectivity index (χ3n) is 4.91. The zero-order chi connectivity index (χ0) is 17.8. The van der Waals surface area contributed by atoms with Crippen LogP contribution in [0.15, 0.2) is 12.1 Å². The molecule has 136 valence electrons. The number of nitrogens with zero attached hydrogens (tertiary/aromatic N) is 1. The molecule has 0 bridgehead atoms. The average molecular weight is 347 g/mol. The second-order valence-corrected chi connectivity index (χ2v) is 6.55. The number of morpholine rings is 1. The second kappa shape index (κ2) is 7.97. The smallest absolute Gasteiger partial charge is 0.221 e. The van der Waals surface area contributed by atoms with Crippen LogP contribution in [0.25, 0.3) is 10.9 Å². The largest absolute Gasteiger partial charge is 0.379 e. The zero-order valence-electron chi connectivity index (χ0n) is 15.0. The van der Waals surface area contributed by atoms with Crippen molar-refractivity contribution >= 4 is 16.8 Å². The van der Waals surface area contributed by atoms with Crippen LogP contribution in [-0.2, 0) is 22.5 Å². The molecule has 0 atom stereocenters. The lowest BCUT2D eigenvalue weighted by atomic mass is 10.1. The van der Waals surface area contributed by atoms with E-state index < -0.39 is 0 Å². The van der Waals surface area contributed by atoms with Gasteiger partial charge in [0.15, 0.2) is 0 Å². The van der Waals surface area contributed by atoms with Gasteiger partial charge < -0.3 is 15.0 Å². The highest BCUT2D eigenvalue weighted by atomic mass is 19.1. The summed E-state index contributed by atoms with van der Waals surface area (Å²) in [5.74, 6) is -0.280. The van der Waals surface area contributed by atoms with Crippen LogP contribution in [0.5, 0.6) is 0 Å². The number of carbonyl (C=O) groups excluding carboxylic acids is 1. The maximum absolute atomic E-state index is 14.0. The highest BCUT2D eigenvalue weighted by Crippen LogP contribution is 2.26. The monoisotopic (exact) mass is 347 g/mol. The molecule has 2 aromatic rings. The predicted octanol–water partition coefficient (Wildman–Crippen LogP) is 2.52. The first-order chi connectivity index (χ1) is 12.1. The molecule has 1 saturated heterocycles. The lowest BCUT2D eigenvalue weighted by molar-refractivity contribution is -0.121. The van der Waals surface area contributed by atoms with Crippen LogP contribution in [0.4, 0.5) is 4.39 Å². The first-order valence-corrected chi connectivity index (χ1v) is 8.95. The van der Waals surface area contributed by atoms with Crippen molar-refractivity contribution < 1.29 is 13.9 Å². The van der Waals surface area contributed by atoms with Gasteiger partial charge in [0.1, 0.15) is 5.82 Å². The fourth-order valence-electron chi connectivity index (χ4n) is 3.37. The summed E-state index contributed by atoms with van der Waals surface area (Å²) in [4.78, 5) is 17.7. The van der Waals surface area contributed by atoms with E-state index in [1.807, 2.05) is 6.92 Å². The van der Waals surface area contributed by atoms with Crippen LogP contribution in [0, 0.1) is 12.7 Å². The third kappa shape index (κ3) is 4.19. The average Bonchev–Trinajstić information content (AvgIpc) is 2.95. The summed E-state index contributed by atoms with van der Waals surface area (Å²) in [7, 11) is 0. The number of fused-ring (bicyclic) bond motifs is 1. The number of aromatic amines is 1. The number of aryl methyl sites for hydroxylation is 2. The van der Waals surface area contributed by atoms with Gasteiger partial charge in [-0.25, -0.2) is 4.39 Å². The first-order valence-electron chi connectivity index (χ1n) is 8.95. The molecular formula is C19H26FN3O2. The summed E-state index contributed by atoms with van der Waals surface area (Å²) in [6.45, 7) is 8.35. The number of rotatable bonds is 6. The molecule has 2 N–H and O–H groups in total. The van der Waals surface area contributed by atoms with Crippen LogP contribution in [0.3, 0.4) is 0 Å². The van der Waals surface area contributed by atoms with Crippen LogP contribution in [-0.4, -0.2) is 48.6 Å². The number of hydrogen-bond acceptors (Lipinski definition) is 3. The predicted molar refractivity (Wildman–Crippen MR) is 96.1 cm³/mol. The van der Waals surface area contributed by atoms with Crippen molar-refractivity contribution in [2.75, 3.05) is 32.8 Å². The van der Waals surface area contributed by atoms with Crippen LogP contribution >= 0.6 is 0 Å². The molecule has 1 aromatic carbocycles. The number of H-pyrrole nitrogens is 1. The molecule has 0 aliphatic carbocycles. The van der Waals surface area contributed by atoms with E-state index in [9.17, 15) is 9.18 Å². The maximum Gasteiger partial charge on any atom is 0.221 e. The number of hydrogen-bond donors (Lipinski definition) is 2. The van der Waals surface area contributed by atoms with Gasteiger partial charge >= 0.3 is 0 Å². The van der Waals surface area contributed by atoms with Gasteiger partial charge in [-0.3, -0.25) is 9.69 Å². The first kappa shape index (κ1) is 17.9. The van der Waals surface area contributed by atoms with Crippen molar-refractivity contribution in [1.82, 2.24) is 15.2 Å². The van der Waals surface area contributed by atoms with Crippen molar-refractivity contribution in [2.45, 2.75) is 33.2 Å². The fourth-order valence-corrected chi connectivity index (χ4v) is 3.37. The molecule has 5 nitrogen and oxygen atoms in total. The Hall–Kier alpha value is -1.92. The molecule has 1 amide bonds. The topological polar surface area (TPSA) is 57.4 Å². The molecule has 1 aliphatic rings. The number of nitrogens with one attached hydrogen (secondary N) is 2. The van der Waals surface area contributed by atoms with Crippen molar-refractivity contribution in [3.63, 3.8) is 0 Å². The minimum Gasteiger partial charge on any atom is -0.379 e. The van der Waals surface area contributed by atoms with Crippen molar-refractivity contribution in [3.8, 4) is 0 Å². The van der Waals surface area contributed by atoms with Gasteiger partial charge in [-0.15, -0.1) is 0 Å². The van der Waals surface area contributed by atoms with Gasteiger partial charge in [0.25, 0.3) is 0 Å². The number of halogens is 1. The number of benzene rings is 1. The van der Waals surface area contributed by atoms with Gasteiger partial charge in [0.2, 0.25) is 5.91 Å². The van der Waals surface area contributed by atoms with Gasteiger partial charge in [0, 0.05) is 43.7 Å². The van der Waals surface area contributed by atoms with E-state index in [0.717, 1.165) is 67.0 Å². The Bertz CT molecular complexity index is 751. The molecule has 1 aliphatic heterocycles. The number of aromatic nitrogens is 1. The molecule has 1 aromatic heterocycles. The maximum atomic E-state index is 14.0. The van der Waals surface area contributed by atoms with E-state index in [1.54, 1.807) is 6.07 Å². The quantitative estimate of drug-likeness (QED) is 0.844. The van der Waals surface area contributed by atoms with Gasteiger partial charge in [-0.2, -0.15) is 0 Å². The highest BCUT2D eigenvalue weighted by molar-refractivity contribution is 5.87. The SMILES string of the molecule is CCc1[nH]c2c(CNC(=O)CCN3CCOCC3)cc(F)cc2c1C. The summed E-state index contributed by atoms with van der Waals surface area (Å²) in [5.41, 5.74) is 3.90. The standard InChI is InChI=1S/C19H26FN3O2/c1-3-17-13(2)16-11-15(20)10-14(19(16)22-17)12-21-18(24)4-5-23-6-8-25-9-7-23/h10-11,22H,3-9,12H2,1-2H3,(H,21,24). The number of ether oxygens (including phenoxy) is 1. The Balaban J connectivity index is 1.63. The second-order valence-electron chi connectivity index (χ2n) is 6.55. The van der Waals surface area contributed by atoms with Crippen LogP contribution in [0.2, 0.25) is 0 Å². The van der Waals surface area contributed by atoms with E-state index in [2.05, 4.69) is 22.1 Å². The van der Waals surface area contributed by atoms with Crippen molar-refractivity contribution in [1.29, 1.82) is 0 Å². The molecule has 25 heavy (non-hydrogen) atoms. The Morgan fingerprint density at radius 2 is 2.12 bits per heavy atom. The minimum absolute atomic E-state index is 0.0112. The van der Waals surface area contributed by atoms with Crippen molar-refractivity contribution in [3.05, 3.63) is 34.8 Å². The van der Waals surface area contributed by atoms with Gasteiger partial charge in [0.05, 0.1) is 18.7 Å². The molecule has 1 fully saturated rings. The normalized spacial score (nSPS) is 15.6. The molecule has 0 radical (unpaired) electrons. The Kier molecular flexibility index (Phi) is 5.71. The van der Waals surface area contributed by atoms with Crippen LogP contribution < -0.4 is 5.32 Å². The molecule has 0 spiro atoms. The Morgan fingerprint density at radius 3 is 2.84 bits per heavy atom. The summed E-state index contributed by atoms with van der Waals surface area (Å²) in [6.07, 6.45) is 1.32. The van der Waals surface area contributed by atoms with Crippen molar-refractivity contribution in [2.24, 2.45) is 0 Å². The van der Waals surface area contributed by atoms with E-state index in [-0.39, 0.29) is 11.7 Å². The molecule has 2 heterocycles. The lowest BCUT2D eigenvalue weighted by Crippen LogP contribution is -2.38. The molecule has 6 heteroatoms. The van der Waals surface area contributed by atoms with E-state index in [0.29, 0.717) is 13.0 Å². The summed E-state index contributed by atoms with van der Waals surface area (Å²) in [5, 5.41) is 3.82. The lowest BCUT2D eigenvalue weighted by Gasteiger charge is -2.26. The zero-order valence-corrected chi connectivity index (χ0v) is 15.0. The Morgan fingerprint density at radius 1 is 1.36 bits per heavy atom. The molecule has 0 saturated carbocycles. The third-order valence-corrected chi connectivity index (χ3v) is 4.91. The van der Waals surface area contributed by atoms with E-state index >= 15 is 0 Å². The molecular weight excluding hydrogens is 321 g/mol. The Labute approximate surface area is 147 Å². The number of amides is 1. The van der Waals surface area contributed by atoms with Gasteiger partial charge in [-0.05, 0) is 36.6 Å². The number of carbonyl (C=O) groups is 1. The van der Waals surface area contributed by atoms with Crippen LogP contribution in [0.1, 0.15) is 30.2 Å². The van der Waals surface area contributed by atoms with E-state index in [4.69, 9.17) is 4.74 Å². The fraction of sp³-hybridized carbons (Fsp3) is 0.526. The summed E-state index contributed by atoms with van der Waals surface area (Å²) >= 11 is 0. The molecule has 0 unspecified atom stereocenters. The summed E-state index contributed by atoms with van der Waals surface area (Å²) in [6, 6.07) is 3.06. The minimum atomic E-state index is -0.269. The van der Waals surface area contributed by atoms with Gasteiger partial charge in [-0.1, -0.05) is 6.92 Å².